The first-order valence-corrected chi connectivity index (χ1v) is 10.6. The van der Waals surface area contributed by atoms with Crippen LogP contribution in [0.1, 0.15) is 25.7 Å². The molecule has 0 bridgehead atoms. The summed E-state index contributed by atoms with van der Waals surface area (Å²) in [4.78, 5) is 4.24. The first-order valence-electron chi connectivity index (χ1n) is 8.22. The fourth-order valence-electron chi connectivity index (χ4n) is 2.98. The van der Waals surface area contributed by atoms with Crippen LogP contribution in [0.4, 0.5) is 4.39 Å². The number of rotatable bonds is 5. The molecule has 0 aliphatic heterocycles. The number of sulfonamides is 1. The highest BCUT2D eigenvalue weighted by molar-refractivity contribution is 7.91. The van der Waals surface area contributed by atoms with Crippen LogP contribution >= 0.6 is 11.3 Å². The highest BCUT2D eigenvalue weighted by Crippen LogP contribution is 2.30. The molecule has 4 rings (SSSR count). The molecule has 26 heavy (non-hydrogen) atoms. The van der Waals surface area contributed by atoms with Crippen LogP contribution in [-0.4, -0.2) is 24.6 Å². The van der Waals surface area contributed by atoms with Crippen LogP contribution in [0, 0.1) is 5.82 Å². The van der Waals surface area contributed by atoms with E-state index in [1.807, 2.05) is 0 Å². The van der Waals surface area contributed by atoms with Crippen LogP contribution in [0.3, 0.4) is 0 Å². The van der Waals surface area contributed by atoms with Gasteiger partial charge >= 0.3 is 0 Å². The minimum absolute atomic E-state index is 0.00790. The lowest BCUT2D eigenvalue weighted by molar-refractivity contribution is 0.432. The number of halogens is 1. The molecule has 0 radical (unpaired) electrons. The number of nitrogens with one attached hydrogen (secondary N) is 1. The second-order valence-electron chi connectivity index (χ2n) is 6.19. The van der Waals surface area contributed by atoms with Crippen molar-refractivity contribution >= 4 is 21.4 Å². The van der Waals surface area contributed by atoms with Gasteiger partial charge in [0.15, 0.2) is 0 Å². The molecule has 1 aliphatic carbocycles. The van der Waals surface area contributed by atoms with Crippen molar-refractivity contribution in [1.29, 1.82) is 0 Å². The summed E-state index contributed by atoms with van der Waals surface area (Å²) >= 11 is 1.10. The van der Waals surface area contributed by atoms with Gasteiger partial charge in [-0.05, 0) is 31.0 Å². The Balaban J connectivity index is 1.56. The smallest absolute Gasteiger partial charge is 0.259 e. The zero-order valence-corrected chi connectivity index (χ0v) is 15.3. The van der Waals surface area contributed by atoms with Gasteiger partial charge < -0.3 is 4.52 Å². The van der Waals surface area contributed by atoms with Crippen molar-refractivity contribution in [3.63, 3.8) is 0 Å². The Bertz CT molecular complexity index is 1020. The Morgan fingerprint density at radius 3 is 2.77 bits per heavy atom. The van der Waals surface area contributed by atoms with Gasteiger partial charge in [-0.15, -0.1) is 11.3 Å². The van der Waals surface area contributed by atoms with E-state index >= 15 is 0 Å². The maximum absolute atomic E-state index is 13.3. The Morgan fingerprint density at radius 1 is 1.19 bits per heavy atom. The van der Waals surface area contributed by atoms with Crippen molar-refractivity contribution < 1.29 is 17.3 Å². The molecule has 1 N–H and O–H groups in total. The molecule has 0 unspecified atom stereocenters. The molecule has 0 atom stereocenters. The normalized spacial score (nSPS) is 15.6. The van der Waals surface area contributed by atoms with Gasteiger partial charge in [-0.1, -0.05) is 30.1 Å². The molecular weight excluding hydrogens is 377 g/mol. The van der Waals surface area contributed by atoms with Crippen LogP contribution in [0.2, 0.25) is 0 Å². The summed E-state index contributed by atoms with van der Waals surface area (Å²) in [5, 5.41) is 5.50. The zero-order chi connectivity index (χ0) is 18.1. The van der Waals surface area contributed by atoms with Crippen LogP contribution in [0.25, 0.3) is 22.8 Å². The SMILES string of the molecule is O=S(=O)(NC1CCCC1)c1cc(-c2nc(-c3cccc(F)c3)no2)cs1. The summed E-state index contributed by atoms with van der Waals surface area (Å²) in [5.74, 6) is 0.0535. The monoisotopic (exact) mass is 393 g/mol. The van der Waals surface area contributed by atoms with Gasteiger partial charge in [0, 0.05) is 17.0 Å². The highest BCUT2D eigenvalue weighted by Gasteiger charge is 2.25. The van der Waals surface area contributed by atoms with Crippen molar-refractivity contribution in [1.82, 2.24) is 14.9 Å². The van der Waals surface area contributed by atoms with E-state index in [9.17, 15) is 12.8 Å². The van der Waals surface area contributed by atoms with Gasteiger partial charge in [0.2, 0.25) is 15.8 Å². The summed E-state index contributed by atoms with van der Waals surface area (Å²) in [6, 6.07) is 7.40. The van der Waals surface area contributed by atoms with Gasteiger partial charge in [0.05, 0.1) is 5.56 Å². The first kappa shape index (κ1) is 17.3. The lowest BCUT2D eigenvalue weighted by Crippen LogP contribution is -2.32. The van der Waals surface area contributed by atoms with E-state index in [2.05, 4.69) is 14.9 Å². The van der Waals surface area contributed by atoms with Gasteiger partial charge in [0.25, 0.3) is 5.89 Å². The Morgan fingerprint density at radius 2 is 2.00 bits per heavy atom. The molecule has 0 spiro atoms. The molecule has 0 amide bonds. The second-order valence-corrected chi connectivity index (χ2v) is 9.04. The summed E-state index contributed by atoms with van der Waals surface area (Å²) in [6.45, 7) is 0. The number of hydrogen-bond donors (Lipinski definition) is 1. The van der Waals surface area contributed by atoms with Gasteiger partial charge in [-0.3, -0.25) is 0 Å². The van der Waals surface area contributed by atoms with E-state index < -0.39 is 15.8 Å². The topological polar surface area (TPSA) is 85.1 Å². The number of benzene rings is 1. The zero-order valence-electron chi connectivity index (χ0n) is 13.7. The van der Waals surface area contributed by atoms with Crippen LogP contribution in [-0.2, 0) is 10.0 Å². The van der Waals surface area contributed by atoms with Crippen LogP contribution in [0.15, 0.2) is 44.4 Å². The molecule has 2 heterocycles. The third-order valence-electron chi connectivity index (χ3n) is 4.27. The molecule has 9 heteroatoms. The van der Waals surface area contributed by atoms with Gasteiger partial charge in [0.1, 0.15) is 10.0 Å². The first-order chi connectivity index (χ1) is 12.5. The van der Waals surface area contributed by atoms with E-state index in [0.717, 1.165) is 37.0 Å². The van der Waals surface area contributed by atoms with E-state index in [4.69, 9.17) is 4.52 Å². The maximum Gasteiger partial charge on any atom is 0.259 e. The minimum atomic E-state index is -3.55. The molecule has 3 aromatic rings. The lowest BCUT2D eigenvalue weighted by Gasteiger charge is -2.10. The van der Waals surface area contributed by atoms with Crippen molar-refractivity contribution in [2.45, 2.75) is 35.9 Å². The van der Waals surface area contributed by atoms with Crippen molar-refractivity contribution in [3.8, 4) is 22.8 Å². The van der Waals surface area contributed by atoms with E-state index in [-0.39, 0.29) is 22.0 Å². The highest BCUT2D eigenvalue weighted by atomic mass is 32.2. The fourth-order valence-corrected chi connectivity index (χ4v) is 5.45. The molecule has 136 valence electrons. The fraction of sp³-hybridized carbons (Fsp3) is 0.294. The summed E-state index contributed by atoms with van der Waals surface area (Å²) in [5.41, 5.74) is 1.02. The Labute approximate surface area is 154 Å². The Kier molecular flexibility index (Phi) is 4.60. The van der Waals surface area contributed by atoms with E-state index in [0.29, 0.717) is 11.1 Å². The summed E-state index contributed by atoms with van der Waals surface area (Å²) in [6.07, 6.45) is 3.84. The number of hydrogen-bond acceptors (Lipinski definition) is 6. The molecule has 1 saturated carbocycles. The van der Waals surface area contributed by atoms with Gasteiger partial charge in [-0.25, -0.2) is 17.5 Å². The third-order valence-corrected chi connectivity index (χ3v) is 7.23. The summed E-state index contributed by atoms with van der Waals surface area (Å²) < 4.78 is 46.5. The molecular formula is C17H16FN3O3S2. The summed E-state index contributed by atoms with van der Waals surface area (Å²) in [7, 11) is -3.55. The molecule has 0 saturated heterocycles. The van der Waals surface area contributed by atoms with Crippen LogP contribution < -0.4 is 4.72 Å². The Hall–Kier alpha value is -2.10. The van der Waals surface area contributed by atoms with Crippen LogP contribution in [0.5, 0.6) is 0 Å². The molecule has 1 fully saturated rings. The third kappa shape index (κ3) is 3.55. The number of thiophene rings is 1. The average molecular weight is 393 g/mol. The molecule has 2 aromatic heterocycles. The van der Waals surface area contributed by atoms with Crippen molar-refractivity contribution in [2.75, 3.05) is 0 Å². The standard InChI is InChI=1S/C17H16FN3O3S2/c18-13-5-3-4-11(8-13)16-19-17(24-20-16)12-9-15(25-10-12)26(22,23)21-14-6-1-2-7-14/h3-5,8-10,14,21H,1-2,6-7H2. The minimum Gasteiger partial charge on any atom is -0.334 e. The van der Waals surface area contributed by atoms with Gasteiger partial charge in [-0.2, -0.15) is 4.98 Å². The predicted octanol–water partition coefficient (Wildman–Crippen LogP) is 3.83. The van der Waals surface area contributed by atoms with E-state index in [1.165, 1.54) is 18.2 Å². The second kappa shape index (κ2) is 6.90. The average Bonchev–Trinajstić information content (AvgIpc) is 3.35. The quantitative estimate of drug-likeness (QED) is 0.712. The number of aromatic nitrogens is 2. The predicted molar refractivity (Wildman–Crippen MR) is 95.6 cm³/mol. The molecule has 1 aliphatic rings. The molecule has 1 aromatic carbocycles. The maximum atomic E-state index is 13.3. The lowest BCUT2D eigenvalue weighted by atomic mass is 10.2. The van der Waals surface area contributed by atoms with Crippen molar-refractivity contribution in [3.05, 3.63) is 41.5 Å². The largest absolute Gasteiger partial charge is 0.334 e. The number of nitrogens with zero attached hydrogens (tertiary/aromatic N) is 2. The molecule has 6 nitrogen and oxygen atoms in total. The van der Waals surface area contributed by atoms with Crippen molar-refractivity contribution in [2.24, 2.45) is 0 Å². The van der Waals surface area contributed by atoms with E-state index in [1.54, 1.807) is 17.5 Å².